The van der Waals surface area contributed by atoms with Gasteiger partial charge in [-0.2, -0.15) is 0 Å². The molecule has 6 heteroatoms. The van der Waals surface area contributed by atoms with E-state index >= 15 is 0 Å². The van der Waals surface area contributed by atoms with Gasteiger partial charge in [0.25, 0.3) is 0 Å². The molecular weight excluding hydrogens is 190 g/mol. The highest BCUT2D eigenvalue weighted by atomic mass is 32.2. The smallest absolute Gasteiger partial charge is 0.243 e. The van der Waals surface area contributed by atoms with Crippen molar-refractivity contribution < 1.29 is 9.59 Å². The van der Waals surface area contributed by atoms with Crippen LogP contribution in [0.25, 0.3) is 0 Å². The van der Waals surface area contributed by atoms with Crippen LogP contribution < -0.4 is 5.73 Å². The summed E-state index contributed by atoms with van der Waals surface area (Å²) in [6.45, 7) is 2.14. The number of hydrogen-bond donors (Lipinski definition) is 2. The number of nitrogens with zero attached hydrogens (tertiary/aromatic N) is 1. The highest BCUT2D eigenvalue weighted by molar-refractivity contribution is 8.14. The molecule has 2 amide bonds. The third-order valence-electron chi connectivity index (χ3n) is 1.79. The van der Waals surface area contributed by atoms with Gasteiger partial charge in [0.2, 0.25) is 11.8 Å². The molecule has 0 radical (unpaired) electrons. The van der Waals surface area contributed by atoms with Crippen LogP contribution >= 0.6 is 11.8 Å². The molecule has 5 nitrogen and oxygen atoms in total. The van der Waals surface area contributed by atoms with E-state index in [0.29, 0.717) is 6.54 Å². The summed E-state index contributed by atoms with van der Waals surface area (Å²) < 4.78 is 0. The molecule has 72 valence electrons. The molecule has 1 rings (SSSR count). The molecule has 1 atom stereocenters. The standard InChI is InChI=1S/C7H11N3O2S/c1-2-10-5(11)3-4(6(10)12)13-7(8)9/h4H,2-3H2,1H3,(H3,8,9). The van der Waals surface area contributed by atoms with Gasteiger partial charge >= 0.3 is 0 Å². The first kappa shape index (κ1) is 10.0. The van der Waals surface area contributed by atoms with E-state index in [4.69, 9.17) is 11.1 Å². The Morgan fingerprint density at radius 2 is 2.38 bits per heavy atom. The van der Waals surface area contributed by atoms with Crippen molar-refractivity contribution in [3.63, 3.8) is 0 Å². The monoisotopic (exact) mass is 201 g/mol. The second kappa shape index (κ2) is 3.78. The second-order valence-electron chi connectivity index (χ2n) is 2.65. The normalized spacial score (nSPS) is 22.5. The molecule has 1 unspecified atom stereocenters. The van der Waals surface area contributed by atoms with E-state index < -0.39 is 5.25 Å². The average molecular weight is 201 g/mol. The SMILES string of the molecule is CCN1C(=O)CC(SC(=N)N)C1=O. The molecule has 0 spiro atoms. The minimum atomic E-state index is -0.482. The van der Waals surface area contributed by atoms with Crippen molar-refractivity contribution in [1.29, 1.82) is 5.41 Å². The lowest BCUT2D eigenvalue weighted by Gasteiger charge is -2.10. The van der Waals surface area contributed by atoms with E-state index in [9.17, 15) is 9.59 Å². The molecule has 1 fully saturated rings. The van der Waals surface area contributed by atoms with Crippen molar-refractivity contribution >= 4 is 28.7 Å². The van der Waals surface area contributed by atoms with Crippen LogP contribution in [0.3, 0.4) is 0 Å². The number of amidine groups is 1. The number of likely N-dealkylation sites (tertiary alicyclic amines) is 1. The van der Waals surface area contributed by atoms with Gasteiger partial charge in [0, 0.05) is 13.0 Å². The van der Waals surface area contributed by atoms with Crippen molar-refractivity contribution in [2.45, 2.75) is 18.6 Å². The first-order chi connectivity index (χ1) is 6.06. The largest absolute Gasteiger partial charge is 0.379 e. The summed E-state index contributed by atoms with van der Waals surface area (Å²) >= 11 is 0.942. The quantitative estimate of drug-likeness (QED) is 0.367. The zero-order chi connectivity index (χ0) is 10.0. The molecule has 0 bridgehead atoms. The molecule has 0 aromatic rings. The minimum Gasteiger partial charge on any atom is -0.379 e. The fourth-order valence-electron chi connectivity index (χ4n) is 1.23. The van der Waals surface area contributed by atoms with Gasteiger partial charge in [-0.05, 0) is 6.92 Å². The van der Waals surface area contributed by atoms with Crippen LogP contribution in [0.4, 0.5) is 0 Å². The number of thioether (sulfide) groups is 1. The van der Waals surface area contributed by atoms with Gasteiger partial charge in [-0.1, -0.05) is 11.8 Å². The lowest BCUT2D eigenvalue weighted by atomic mass is 10.4. The predicted octanol–water partition coefficient (Wildman–Crippen LogP) is -0.240. The Balaban J connectivity index is 2.67. The van der Waals surface area contributed by atoms with Gasteiger partial charge in [0.1, 0.15) is 5.25 Å². The summed E-state index contributed by atoms with van der Waals surface area (Å²) in [6.07, 6.45) is 0.164. The molecule has 0 aliphatic carbocycles. The maximum absolute atomic E-state index is 11.4. The van der Waals surface area contributed by atoms with E-state index in [1.165, 1.54) is 4.90 Å². The zero-order valence-electron chi connectivity index (χ0n) is 7.24. The fraction of sp³-hybridized carbons (Fsp3) is 0.571. The summed E-state index contributed by atoms with van der Waals surface area (Å²) in [5.41, 5.74) is 5.13. The Kier molecular flexibility index (Phi) is 2.92. The lowest BCUT2D eigenvalue weighted by molar-refractivity contribution is -0.137. The van der Waals surface area contributed by atoms with Crippen molar-refractivity contribution in [2.75, 3.05) is 6.54 Å². The number of imide groups is 1. The van der Waals surface area contributed by atoms with Gasteiger partial charge in [0.15, 0.2) is 5.17 Å². The Morgan fingerprint density at radius 1 is 1.77 bits per heavy atom. The minimum absolute atomic E-state index is 0.121. The number of carbonyl (C=O) groups excluding carboxylic acids is 2. The summed E-state index contributed by atoms with van der Waals surface area (Å²) in [5.74, 6) is -0.404. The van der Waals surface area contributed by atoms with Crippen LogP contribution in [-0.4, -0.2) is 33.7 Å². The predicted molar refractivity (Wildman–Crippen MR) is 50.3 cm³/mol. The second-order valence-corrected chi connectivity index (χ2v) is 3.90. The summed E-state index contributed by atoms with van der Waals surface area (Å²) in [4.78, 5) is 23.8. The topological polar surface area (TPSA) is 87.2 Å². The van der Waals surface area contributed by atoms with Crippen molar-refractivity contribution in [3.8, 4) is 0 Å². The zero-order valence-corrected chi connectivity index (χ0v) is 8.06. The molecule has 0 aromatic heterocycles. The molecule has 1 aliphatic rings. The first-order valence-electron chi connectivity index (χ1n) is 3.91. The van der Waals surface area contributed by atoms with E-state index in [0.717, 1.165) is 11.8 Å². The first-order valence-corrected chi connectivity index (χ1v) is 4.79. The molecule has 13 heavy (non-hydrogen) atoms. The number of amides is 2. The molecule has 0 saturated carbocycles. The van der Waals surface area contributed by atoms with E-state index in [-0.39, 0.29) is 23.4 Å². The van der Waals surface area contributed by atoms with Gasteiger partial charge in [0.05, 0.1) is 0 Å². The molecule has 1 heterocycles. The number of carbonyl (C=O) groups is 2. The number of nitrogens with two attached hydrogens (primary N) is 1. The van der Waals surface area contributed by atoms with Crippen LogP contribution in [0, 0.1) is 5.41 Å². The number of rotatable bonds is 2. The van der Waals surface area contributed by atoms with Crippen molar-refractivity contribution in [1.82, 2.24) is 4.90 Å². The Hall–Kier alpha value is -1.04. The number of hydrogen-bond acceptors (Lipinski definition) is 4. The van der Waals surface area contributed by atoms with Gasteiger partial charge < -0.3 is 5.73 Å². The van der Waals surface area contributed by atoms with Gasteiger partial charge in [-0.3, -0.25) is 19.9 Å². The lowest BCUT2D eigenvalue weighted by Crippen LogP contribution is -2.31. The Morgan fingerprint density at radius 3 is 2.77 bits per heavy atom. The maximum Gasteiger partial charge on any atom is 0.243 e. The van der Waals surface area contributed by atoms with E-state index in [1.54, 1.807) is 6.92 Å². The third-order valence-corrected chi connectivity index (χ3v) is 2.69. The average Bonchev–Trinajstić information content (AvgIpc) is 2.26. The molecule has 0 aromatic carbocycles. The molecule has 1 saturated heterocycles. The molecular formula is C7H11N3O2S. The Bertz CT molecular complexity index is 266. The molecule has 3 N–H and O–H groups in total. The Labute approximate surface area is 80.2 Å². The number of nitrogens with one attached hydrogen (secondary N) is 1. The van der Waals surface area contributed by atoms with Crippen molar-refractivity contribution in [2.24, 2.45) is 5.73 Å². The van der Waals surface area contributed by atoms with Gasteiger partial charge in [-0.15, -0.1) is 0 Å². The molecule has 1 aliphatic heterocycles. The van der Waals surface area contributed by atoms with Crippen LogP contribution in [-0.2, 0) is 9.59 Å². The van der Waals surface area contributed by atoms with Crippen molar-refractivity contribution in [3.05, 3.63) is 0 Å². The fourth-order valence-corrected chi connectivity index (χ4v) is 1.99. The summed E-state index contributed by atoms with van der Waals surface area (Å²) in [7, 11) is 0. The third kappa shape index (κ3) is 2.00. The highest BCUT2D eigenvalue weighted by Gasteiger charge is 2.38. The summed E-state index contributed by atoms with van der Waals surface area (Å²) in [6, 6.07) is 0. The van der Waals surface area contributed by atoms with E-state index in [2.05, 4.69) is 0 Å². The van der Waals surface area contributed by atoms with Crippen LogP contribution in [0.1, 0.15) is 13.3 Å². The highest BCUT2D eigenvalue weighted by Crippen LogP contribution is 2.24. The van der Waals surface area contributed by atoms with Crippen LogP contribution in [0.15, 0.2) is 0 Å². The van der Waals surface area contributed by atoms with Crippen LogP contribution in [0.2, 0.25) is 0 Å². The maximum atomic E-state index is 11.4. The van der Waals surface area contributed by atoms with E-state index in [1.807, 2.05) is 0 Å². The van der Waals surface area contributed by atoms with Crippen LogP contribution in [0.5, 0.6) is 0 Å². The van der Waals surface area contributed by atoms with Gasteiger partial charge in [-0.25, -0.2) is 0 Å². The summed E-state index contributed by atoms with van der Waals surface area (Å²) in [5, 5.41) is 6.39.